The first-order valence-corrected chi connectivity index (χ1v) is 7.62. The second-order valence-electron chi connectivity index (χ2n) is 4.94. The monoisotopic (exact) mass is 347 g/mol. The molecule has 21 heavy (non-hydrogen) atoms. The van der Waals surface area contributed by atoms with E-state index in [2.05, 4.69) is 33.9 Å². The number of nitrogen functional groups attached to an aromatic ring is 1. The Labute approximate surface area is 130 Å². The van der Waals surface area contributed by atoms with E-state index in [1.165, 1.54) is 11.6 Å². The van der Waals surface area contributed by atoms with Gasteiger partial charge in [-0.05, 0) is 40.0 Å². The Bertz CT molecular complexity index is 811. The van der Waals surface area contributed by atoms with Gasteiger partial charge >= 0.3 is 0 Å². The molecule has 108 valence electrons. The third-order valence-electron chi connectivity index (χ3n) is 3.47. The van der Waals surface area contributed by atoms with Crippen LogP contribution in [0, 0.1) is 5.82 Å². The van der Waals surface area contributed by atoms with Crippen molar-refractivity contribution >= 4 is 32.9 Å². The molecule has 0 unspecified atom stereocenters. The zero-order valence-corrected chi connectivity index (χ0v) is 13.2. The lowest BCUT2D eigenvalue weighted by molar-refractivity contribution is 0.622. The SMILES string of the molecule is CCCc1ccccc1-n1c(N)nc2cc(Br)c(F)cc21. The van der Waals surface area contributed by atoms with Gasteiger partial charge in [-0.25, -0.2) is 9.37 Å². The van der Waals surface area contributed by atoms with Gasteiger partial charge in [-0.1, -0.05) is 31.5 Å². The highest BCUT2D eigenvalue weighted by Gasteiger charge is 2.15. The molecule has 0 bridgehead atoms. The maximum Gasteiger partial charge on any atom is 0.205 e. The van der Waals surface area contributed by atoms with Gasteiger partial charge in [0.05, 0.1) is 21.2 Å². The highest BCUT2D eigenvalue weighted by Crippen LogP contribution is 2.29. The van der Waals surface area contributed by atoms with Crippen molar-refractivity contribution in [2.75, 3.05) is 5.73 Å². The molecule has 1 heterocycles. The average molecular weight is 348 g/mol. The topological polar surface area (TPSA) is 43.8 Å². The molecule has 0 fully saturated rings. The zero-order valence-electron chi connectivity index (χ0n) is 11.6. The Balaban J connectivity index is 2.30. The highest BCUT2D eigenvalue weighted by atomic mass is 79.9. The Morgan fingerprint density at radius 3 is 2.81 bits per heavy atom. The van der Waals surface area contributed by atoms with E-state index in [1.54, 1.807) is 6.07 Å². The van der Waals surface area contributed by atoms with Gasteiger partial charge < -0.3 is 5.73 Å². The summed E-state index contributed by atoms with van der Waals surface area (Å²) in [6, 6.07) is 11.1. The van der Waals surface area contributed by atoms with Crippen molar-refractivity contribution in [1.82, 2.24) is 9.55 Å². The Kier molecular flexibility index (Phi) is 3.68. The molecule has 0 aliphatic heterocycles. The highest BCUT2D eigenvalue weighted by molar-refractivity contribution is 9.10. The molecule has 0 amide bonds. The number of hydrogen-bond acceptors (Lipinski definition) is 2. The van der Waals surface area contributed by atoms with E-state index < -0.39 is 0 Å². The summed E-state index contributed by atoms with van der Waals surface area (Å²) in [6.45, 7) is 2.13. The Morgan fingerprint density at radius 2 is 2.05 bits per heavy atom. The van der Waals surface area contributed by atoms with Crippen LogP contribution in [0.25, 0.3) is 16.7 Å². The lowest BCUT2D eigenvalue weighted by atomic mass is 10.1. The predicted octanol–water partition coefficient (Wildman–Crippen LogP) is 4.46. The van der Waals surface area contributed by atoms with Crippen LogP contribution in [0.5, 0.6) is 0 Å². The smallest absolute Gasteiger partial charge is 0.205 e. The molecule has 0 saturated carbocycles. The summed E-state index contributed by atoms with van der Waals surface area (Å²) in [5.41, 5.74) is 9.55. The minimum atomic E-state index is -0.323. The lowest BCUT2D eigenvalue weighted by Crippen LogP contribution is -2.04. The van der Waals surface area contributed by atoms with Crippen molar-refractivity contribution in [2.45, 2.75) is 19.8 Å². The molecule has 0 aliphatic carbocycles. The van der Waals surface area contributed by atoms with Crippen molar-refractivity contribution in [1.29, 1.82) is 0 Å². The fraction of sp³-hybridized carbons (Fsp3) is 0.188. The fourth-order valence-electron chi connectivity index (χ4n) is 2.55. The summed E-state index contributed by atoms with van der Waals surface area (Å²) in [6.07, 6.45) is 1.97. The van der Waals surface area contributed by atoms with Crippen LogP contribution in [0.1, 0.15) is 18.9 Å². The van der Waals surface area contributed by atoms with Gasteiger partial charge in [-0.15, -0.1) is 0 Å². The molecule has 0 saturated heterocycles. The third kappa shape index (κ3) is 2.42. The van der Waals surface area contributed by atoms with Crippen LogP contribution in [0.2, 0.25) is 0 Å². The van der Waals surface area contributed by atoms with Crippen LogP contribution in [0.4, 0.5) is 10.3 Å². The first-order chi connectivity index (χ1) is 10.1. The van der Waals surface area contributed by atoms with Crippen molar-refractivity contribution in [3.8, 4) is 5.69 Å². The number of para-hydroxylation sites is 1. The molecule has 2 N–H and O–H groups in total. The molecule has 0 spiro atoms. The molecule has 0 aliphatic rings. The van der Waals surface area contributed by atoms with E-state index in [0.717, 1.165) is 18.5 Å². The first kappa shape index (κ1) is 14.1. The number of imidazole rings is 1. The van der Waals surface area contributed by atoms with E-state index in [1.807, 2.05) is 22.8 Å². The van der Waals surface area contributed by atoms with Crippen LogP contribution in [0.15, 0.2) is 40.9 Å². The largest absolute Gasteiger partial charge is 0.369 e. The summed E-state index contributed by atoms with van der Waals surface area (Å²) >= 11 is 3.18. The van der Waals surface area contributed by atoms with Crippen LogP contribution < -0.4 is 5.73 Å². The lowest BCUT2D eigenvalue weighted by Gasteiger charge is -2.12. The molecule has 3 rings (SSSR count). The Morgan fingerprint density at radius 1 is 1.29 bits per heavy atom. The summed E-state index contributed by atoms with van der Waals surface area (Å²) < 4.78 is 16.1. The second kappa shape index (κ2) is 5.48. The van der Waals surface area contributed by atoms with Crippen LogP contribution in [-0.4, -0.2) is 9.55 Å². The predicted molar refractivity (Wildman–Crippen MR) is 87.1 cm³/mol. The maximum absolute atomic E-state index is 13.9. The summed E-state index contributed by atoms with van der Waals surface area (Å²) in [5.74, 6) is 0.0441. The van der Waals surface area contributed by atoms with Crippen LogP contribution >= 0.6 is 15.9 Å². The number of hydrogen-bond donors (Lipinski definition) is 1. The van der Waals surface area contributed by atoms with Gasteiger partial charge in [0, 0.05) is 6.07 Å². The second-order valence-corrected chi connectivity index (χ2v) is 5.79. The number of halogens is 2. The number of aromatic nitrogens is 2. The normalized spacial score (nSPS) is 11.2. The van der Waals surface area contributed by atoms with Crippen LogP contribution in [-0.2, 0) is 6.42 Å². The minimum Gasteiger partial charge on any atom is -0.369 e. The van der Waals surface area contributed by atoms with E-state index in [-0.39, 0.29) is 5.82 Å². The standard InChI is InChI=1S/C16H15BrFN3/c1-2-5-10-6-3-4-7-14(10)21-15-9-12(18)11(17)8-13(15)20-16(21)19/h3-4,6-9H,2,5H2,1H3,(H2,19,20). The summed E-state index contributed by atoms with van der Waals surface area (Å²) in [7, 11) is 0. The van der Waals surface area contributed by atoms with Gasteiger partial charge in [0.1, 0.15) is 5.82 Å². The van der Waals surface area contributed by atoms with Crippen molar-refractivity contribution in [2.24, 2.45) is 0 Å². The zero-order chi connectivity index (χ0) is 15.0. The summed E-state index contributed by atoms with van der Waals surface area (Å²) in [5, 5.41) is 0. The average Bonchev–Trinajstić information content (AvgIpc) is 2.76. The van der Waals surface area contributed by atoms with E-state index in [0.29, 0.717) is 21.5 Å². The molecule has 0 radical (unpaired) electrons. The minimum absolute atomic E-state index is 0.323. The van der Waals surface area contributed by atoms with E-state index in [9.17, 15) is 4.39 Å². The molecule has 3 aromatic rings. The number of nitrogens with zero attached hydrogens (tertiary/aromatic N) is 2. The van der Waals surface area contributed by atoms with Crippen molar-refractivity contribution < 1.29 is 4.39 Å². The number of rotatable bonds is 3. The molecular formula is C16H15BrFN3. The molecule has 0 atom stereocenters. The van der Waals surface area contributed by atoms with Gasteiger partial charge in [0.15, 0.2) is 0 Å². The van der Waals surface area contributed by atoms with Crippen LogP contribution in [0.3, 0.4) is 0 Å². The van der Waals surface area contributed by atoms with E-state index >= 15 is 0 Å². The van der Waals surface area contributed by atoms with Crippen molar-refractivity contribution in [3.63, 3.8) is 0 Å². The maximum atomic E-state index is 13.9. The number of anilines is 1. The molecular weight excluding hydrogens is 333 g/mol. The molecule has 2 aromatic carbocycles. The van der Waals surface area contributed by atoms with Gasteiger partial charge in [-0.2, -0.15) is 0 Å². The Hall–Kier alpha value is -1.88. The first-order valence-electron chi connectivity index (χ1n) is 6.83. The molecule has 1 aromatic heterocycles. The number of nitrogens with two attached hydrogens (primary N) is 1. The fourth-order valence-corrected chi connectivity index (χ4v) is 2.89. The van der Waals surface area contributed by atoms with Gasteiger partial charge in [0.25, 0.3) is 0 Å². The number of fused-ring (bicyclic) bond motifs is 1. The number of benzene rings is 2. The molecule has 5 heteroatoms. The number of aryl methyl sites for hydroxylation is 1. The summed E-state index contributed by atoms with van der Waals surface area (Å²) in [4.78, 5) is 4.34. The van der Waals surface area contributed by atoms with E-state index in [4.69, 9.17) is 5.73 Å². The third-order valence-corrected chi connectivity index (χ3v) is 4.08. The van der Waals surface area contributed by atoms with Crippen molar-refractivity contribution in [3.05, 3.63) is 52.3 Å². The van der Waals surface area contributed by atoms with Gasteiger partial charge in [-0.3, -0.25) is 4.57 Å². The molecule has 3 nitrogen and oxygen atoms in total. The quantitative estimate of drug-likeness (QED) is 0.759. The van der Waals surface area contributed by atoms with Gasteiger partial charge in [0.2, 0.25) is 5.95 Å².